The number of benzene rings is 2. The second kappa shape index (κ2) is 6.76. The van der Waals surface area contributed by atoms with Crippen LogP contribution < -0.4 is 14.5 Å². The topological polar surface area (TPSA) is 42.0 Å². The molecule has 1 saturated heterocycles. The van der Waals surface area contributed by atoms with E-state index in [0.717, 1.165) is 44.1 Å². The summed E-state index contributed by atoms with van der Waals surface area (Å²) in [5.41, 5.74) is 4.00. The number of amides is 1. The van der Waals surface area contributed by atoms with E-state index < -0.39 is 0 Å². The minimum absolute atomic E-state index is 0.00433. The van der Waals surface area contributed by atoms with Gasteiger partial charge < -0.3 is 19.3 Å². The van der Waals surface area contributed by atoms with Crippen molar-refractivity contribution in [2.45, 2.75) is 6.42 Å². The monoisotopic (exact) mass is 338 g/mol. The molecule has 1 amide bonds. The molecule has 25 heavy (non-hydrogen) atoms. The fourth-order valence-electron chi connectivity index (χ4n) is 3.56. The summed E-state index contributed by atoms with van der Waals surface area (Å²) in [6.45, 7) is 3.99. The van der Waals surface area contributed by atoms with Crippen molar-refractivity contribution >= 4 is 17.3 Å². The molecule has 2 aliphatic rings. The number of rotatable bonds is 3. The molecule has 2 aromatic rings. The molecule has 0 radical (unpaired) electrons. The summed E-state index contributed by atoms with van der Waals surface area (Å²) in [4.78, 5) is 17.3. The first kappa shape index (κ1) is 16.0. The van der Waals surface area contributed by atoms with Crippen LogP contribution in [0.1, 0.15) is 15.9 Å². The summed E-state index contributed by atoms with van der Waals surface area (Å²) < 4.78 is 10.8. The third kappa shape index (κ3) is 2.96. The third-order valence-corrected chi connectivity index (χ3v) is 4.92. The van der Waals surface area contributed by atoms with Crippen LogP contribution in [0.15, 0.2) is 42.5 Å². The molecule has 0 spiro atoms. The van der Waals surface area contributed by atoms with Gasteiger partial charge in [0.15, 0.2) is 0 Å². The van der Waals surface area contributed by atoms with Crippen molar-refractivity contribution in [2.24, 2.45) is 0 Å². The number of anilines is 2. The van der Waals surface area contributed by atoms with Gasteiger partial charge in [-0.15, -0.1) is 0 Å². The zero-order valence-corrected chi connectivity index (χ0v) is 14.4. The highest BCUT2D eigenvalue weighted by Crippen LogP contribution is 2.34. The Hall–Kier alpha value is -2.53. The number of morpholine rings is 1. The first-order chi connectivity index (χ1) is 12.3. The van der Waals surface area contributed by atoms with Gasteiger partial charge in [0.1, 0.15) is 5.75 Å². The van der Waals surface area contributed by atoms with Gasteiger partial charge in [-0.2, -0.15) is 0 Å². The molecular formula is C20H22N2O3. The third-order valence-electron chi connectivity index (χ3n) is 4.92. The molecule has 130 valence electrons. The lowest BCUT2D eigenvalue weighted by Crippen LogP contribution is -2.36. The fraction of sp³-hybridized carbons (Fsp3) is 0.350. The van der Waals surface area contributed by atoms with E-state index in [1.54, 1.807) is 7.11 Å². The highest BCUT2D eigenvalue weighted by Gasteiger charge is 2.28. The molecule has 0 aromatic heterocycles. The molecule has 0 atom stereocenters. The largest absolute Gasteiger partial charge is 0.496 e. The molecule has 0 N–H and O–H groups in total. The number of hydrogen-bond acceptors (Lipinski definition) is 4. The van der Waals surface area contributed by atoms with Crippen LogP contribution in [0.3, 0.4) is 0 Å². The van der Waals surface area contributed by atoms with Crippen LogP contribution in [0.2, 0.25) is 0 Å². The van der Waals surface area contributed by atoms with E-state index in [-0.39, 0.29) is 5.91 Å². The molecule has 0 aliphatic carbocycles. The number of carbonyl (C=O) groups excluding carboxylic acids is 1. The van der Waals surface area contributed by atoms with E-state index in [1.807, 2.05) is 29.2 Å². The minimum Gasteiger partial charge on any atom is -0.496 e. The Morgan fingerprint density at radius 2 is 1.88 bits per heavy atom. The van der Waals surface area contributed by atoms with E-state index in [2.05, 4.69) is 23.1 Å². The summed E-state index contributed by atoms with van der Waals surface area (Å²) in [6.07, 6.45) is 0.889. The quantitative estimate of drug-likeness (QED) is 0.863. The molecule has 5 nitrogen and oxygen atoms in total. The fourth-order valence-corrected chi connectivity index (χ4v) is 3.56. The Morgan fingerprint density at radius 1 is 1.08 bits per heavy atom. The predicted molar refractivity (Wildman–Crippen MR) is 97.8 cm³/mol. The lowest BCUT2D eigenvalue weighted by atomic mass is 10.1. The number of carbonyl (C=O) groups is 1. The predicted octanol–water partition coefficient (Wildman–Crippen LogP) is 2.73. The molecule has 0 saturated carbocycles. The maximum atomic E-state index is 13.1. The van der Waals surface area contributed by atoms with Gasteiger partial charge in [-0.25, -0.2) is 0 Å². The van der Waals surface area contributed by atoms with E-state index in [9.17, 15) is 4.79 Å². The lowest BCUT2D eigenvalue weighted by molar-refractivity contribution is 0.0986. The normalized spacial score (nSPS) is 16.7. The number of para-hydroxylation sites is 1. The Bertz CT molecular complexity index is 784. The molecule has 0 bridgehead atoms. The molecule has 2 aromatic carbocycles. The standard InChI is InChI=1S/C20H22N2O3/c1-24-19-5-3-2-4-17(19)20(23)22-9-8-15-6-7-16(14-18(15)22)21-10-12-25-13-11-21/h2-7,14H,8-13H2,1H3. The van der Waals surface area contributed by atoms with Crippen LogP contribution in [0.5, 0.6) is 5.75 Å². The van der Waals surface area contributed by atoms with E-state index >= 15 is 0 Å². The van der Waals surface area contributed by atoms with Gasteiger partial charge in [0, 0.05) is 31.0 Å². The van der Waals surface area contributed by atoms with Gasteiger partial charge in [-0.05, 0) is 36.2 Å². The maximum absolute atomic E-state index is 13.1. The Labute approximate surface area is 147 Å². The molecule has 5 heteroatoms. The lowest BCUT2D eigenvalue weighted by Gasteiger charge is -2.29. The highest BCUT2D eigenvalue weighted by atomic mass is 16.5. The number of nitrogens with zero attached hydrogens (tertiary/aromatic N) is 2. The highest BCUT2D eigenvalue weighted by molar-refractivity contribution is 6.09. The zero-order chi connectivity index (χ0) is 17.2. The summed E-state index contributed by atoms with van der Waals surface area (Å²) in [6, 6.07) is 13.8. The second-order valence-electron chi connectivity index (χ2n) is 6.32. The number of hydrogen-bond donors (Lipinski definition) is 0. The van der Waals surface area contributed by atoms with Crippen molar-refractivity contribution in [3.8, 4) is 5.75 Å². The van der Waals surface area contributed by atoms with Crippen molar-refractivity contribution < 1.29 is 14.3 Å². The van der Waals surface area contributed by atoms with Gasteiger partial charge in [0.2, 0.25) is 0 Å². The summed E-state index contributed by atoms with van der Waals surface area (Å²) in [5.74, 6) is 0.612. The minimum atomic E-state index is -0.00433. The first-order valence-electron chi connectivity index (χ1n) is 8.68. The number of fused-ring (bicyclic) bond motifs is 1. The maximum Gasteiger partial charge on any atom is 0.262 e. The van der Waals surface area contributed by atoms with Gasteiger partial charge in [-0.3, -0.25) is 4.79 Å². The average molecular weight is 338 g/mol. The van der Waals surface area contributed by atoms with Crippen LogP contribution in [-0.2, 0) is 11.2 Å². The van der Waals surface area contributed by atoms with Crippen molar-refractivity contribution in [3.63, 3.8) is 0 Å². The van der Waals surface area contributed by atoms with Gasteiger partial charge >= 0.3 is 0 Å². The van der Waals surface area contributed by atoms with Crippen LogP contribution >= 0.6 is 0 Å². The van der Waals surface area contributed by atoms with Gasteiger partial charge in [0.25, 0.3) is 5.91 Å². The summed E-state index contributed by atoms with van der Waals surface area (Å²) >= 11 is 0. The van der Waals surface area contributed by atoms with Crippen molar-refractivity contribution in [3.05, 3.63) is 53.6 Å². The van der Waals surface area contributed by atoms with Crippen molar-refractivity contribution in [2.75, 3.05) is 49.8 Å². The zero-order valence-electron chi connectivity index (χ0n) is 14.4. The second-order valence-corrected chi connectivity index (χ2v) is 6.32. The molecule has 4 rings (SSSR count). The van der Waals surface area contributed by atoms with Crippen LogP contribution in [0.4, 0.5) is 11.4 Å². The van der Waals surface area contributed by atoms with E-state index in [1.165, 1.54) is 5.56 Å². The molecule has 2 aliphatic heterocycles. The number of methoxy groups -OCH3 is 1. The van der Waals surface area contributed by atoms with Crippen LogP contribution in [-0.4, -0.2) is 45.9 Å². The SMILES string of the molecule is COc1ccccc1C(=O)N1CCc2ccc(N3CCOCC3)cc21. The first-order valence-corrected chi connectivity index (χ1v) is 8.68. The molecule has 0 unspecified atom stereocenters. The van der Waals surface area contributed by atoms with Crippen LogP contribution in [0, 0.1) is 0 Å². The molecule has 1 fully saturated rings. The van der Waals surface area contributed by atoms with Gasteiger partial charge in [-0.1, -0.05) is 18.2 Å². The van der Waals surface area contributed by atoms with Gasteiger partial charge in [0.05, 0.1) is 25.9 Å². The Morgan fingerprint density at radius 3 is 2.68 bits per heavy atom. The molecular weight excluding hydrogens is 316 g/mol. The number of ether oxygens (including phenoxy) is 2. The van der Waals surface area contributed by atoms with Crippen LogP contribution in [0.25, 0.3) is 0 Å². The Kier molecular flexibility index (Phi) is 4.32. The Balaban J connectivity index is 1.65. The van der Waals surface area contributed by atoms with Crippen molar-refractivity contribution in [1.29, 1.82) is 0 Å². The summed E-state index contributed by atoms with van der Waals surface area (Å²) in [7, 11) is 1.60. The smallest absolute Gasteiger partial charge is 0.262 e. The van der Waals surface area contributed by atoms with Crippen molar-refractivity contribution in [1.82, 2.24) is 0 Å². The molecule has 2 heterocycles. The van der Waals surface area contributed by atoms with E-state index in [0.29, 0.717) is 17.9 Å². The average Bonchev–Trinajstić information content (AvgIpc) is 3.11. The summed E-state index contributed by atoms with van der Waals surface area (Å²) in [5, 5.41) is 0. The van der Waals surface area contributed by atoms with E-state index in [4.69, 9.17) is 9.47 Å².